The Kier molecular flexibility index (Phi) is 9.74. The minimum atomic E-state index is -0.794. The second-order valence-corrected chi connectivity index (χ2v) is 8.98. The lowest BCUT2D eigenvalue weighted by Crippen LogP contribution is -2.33. The Morgan fingerprint density at radius 2 is 1.60 bits per heavy atom. The summed E-state index contributed by atoms with van der Waals surface area (Å²) < 4.78 is 22.3. The maximum Gasteiger partial charge on any atom is 0.343 e. The number of hydrazone groups is 1. The molecule has 4 rings (SSSR count). The van der Waals surface area contributed by atoms with E-state index in [1.165, 1.54) is 13.3 Å². The summed E-state index contributed by atoms with van der Waals surface area (Å²) >= 11 is 5.87. The molecular formula is C31H27ClN2O6. The first-order valence-corrected chi connectivity index (χ1v) is 12.7. The van der Waals surface area contributed by atoms with Crippen molar-refractivity contribution in [1.82, 2.24) is 5.43 Å². The number of hydrogen-bond acceptors (Lipinski definition) is 7. The van der Waals surface area contributed by atoms with Crippen LogP contribution >= 0.6 is 11.6 Å². The maximum atomic E-state index is 12.5. The van der Waals surface area contributed by atoms with Crippen LogP contribution in [0.4, 0.5) is 0 Å². The zero-order valence-electron chi connectivity index (χ0n) is 21.9. The third kappa shape index (κ3) is 8.09. The van der Waals surface area contributed by atoms with Crippen molar-refractivity contribution in [3.63, 3.8) is 0 Å². The molecule has 0 saturated carbocycles. The molecule has 0 aromatic heterocycles. The minimum absolute atomic E-state index is 0.238. The summed E-state index contributed by atoms with van der Waals surface area (Å²) in [5.74, 6) is 0.798. The molecule has 1 atom stereocenters. The molecule has 0 radical (unpaired) electrons. The molecule has 40 heavy (non-hydrogen) atoms. The van der Waals surface area contributed by atoms with Crippen LogP contribution < -0.4 is 24.4 Å². The van der Waals surface area contributed by atoms with E-state index in [0.717, 1.165) is 5.56 Å². The monoisotopic (exact) mass is 558 g/mol. The largest absolute Gasteiger partial charge is 0.493 e. The molecule has 1 N–H and O–H groups in total. The Hall–Kier alpha value is -4.82. The van der Waals surface area contributed by atoms with Gasteiger partial charge in [-0.25, -0.2) is 10.2 Å². The van der Waals surface area contributed by atoms with Crippen LogP contribution in [0.25, 0.3) is 0 Å². The molecule has 1 unspecified atom stereocenters. The first-order valence-electron chi connectivity index (χ1n) is 12.3. The van der Waals surface area contributed by atoms with Crippen molar-refractivity contribution in [3.8, 4) is 23.0 Å². The molecule has 0 spiro atoms. The Balaban J connectivity index is 1.27. The molecule has 4 aromatic carbocycles. The van der Waals surface area contributed by atoms with Crippen LogP contribution in [-0.2, 0) is 11.4 Å². The molecule has 0 aliphatic rings. The molecule has 0 bridgehead atoms. The number of hydrogen-bond donors (Lipinski definition) is 1. The van der Waals surface area contributed by atoms with E-state index in [1.807, 2.05) is 30.3 Å². The van der Waals surface area contributed by atoms with Crippen LogP contribution in [0.1, 0.15) is 28.4 Å². The lowest BCUT2D eigenvalue weighted by Gasteiger charge is -2.13. The number of halogens is 1. The summed E-state index contributed by atoms with van der Waals surface area (Å²) in [7, 11) is 1.46. The third-order valence-corrected chi connectivity index (χ3v) is 5.86. The average Bonchev–Trinajstić information content (AvgIpc) is 2.98. The van der Waals surface area contributed by atoms with Gasteiger partial charge in [0.15, 0.2) is 17.6 Å². The van der Waals surface area contributed by atoms with Crippen LogP contribution in [0.3, 0.4) is 0 Å². The SMILES string of the molecule is COc1cc(C=NNC(=O)C(C)Oc2ccc(OCc3ccccc3)cc2)ccc1OC(=O)c1ccc(Cl)cc1. The molecule has 0 aliphatic heterocycles. The molecular weight excluding hydrogens is 532 g/mol. The number of methoxy groups -OCH3 is 1. The Bertz CT molecular complexity index is 1460. The number of amides is 1. The van der Waals surface area contributed by atoms with Crippen molar-refractivity contribution in [1.29, 1.82) is 0 Å². The van der Waals surface area contributed by atoms with Gasteiger partial charge in [-0.1, -0.05) is 41.9 Å². The van der Waals surface area contributed by atoms with Gasteiger partial charge in [0, 0.05) is 5.02 Å². The highest BCUT2D eigenvalue weighted by Gasteiger charge is 2.15. The van der Waals surface area contributed by atoms with Gasteiger partial charge in [0.05, 0.1) is 18.9 Å². The second kappa shape index (κ2) is 13.8. The Morgan fingerprint density at radius 1 is 0.900 bits per heavy atom. The van der Waals surface area contributed by atoms with Gasteiger partial charge in [-0.15, -0.1) is 0 Å². The van der Waals surface area contributed by atoms with Crippen LogP contribution in [0, 0.1) is 0 Å². The number of carbonyl (C=O) groups is 2. The maximum absolute atomic E-state index is 12.5. The third-order valence-electron chi connectivity index (χ3n) is 5.61. The molecule has 0 saturated heterocycles. The van der Waals surface area contributed by atoms with Gasteiger partial charge < -0.3 is 18.9 Å². The normalized spacial score (nSPS) is 11.5. The highest BCUT2D eigenvalue weighted by atomic mass is 35.5. The van der Waals surface area contributed by atoms with Crippen molar-refractivity contribution >= 4 is 29.7 Å². The molecule has 0 aliphatic carbocycles. The predicted octanol–water partition coefficient (Wildman–Crippen LogP) is 6.06. The number of ether oxygens (including phenoxy) is 4. The van der Waals surface area contributed by atoms with E-state index in [9.17, 15) is 9.59 Å². The van der Waals surface area contributed by atoms with Crippen molar-refractivity contribution in [2.75, 3.05) is 7.11 Å². The van der Waals surface area contributed by atoms with Gasteiger partial charge in [0.2, 0.25) is 0 Å². The van der Waals surface area contributed by atoms with Gasteiger partial charge in [-0.3, -0.25) is 4.79 Å². The van der Waals surface area contributed by atoms with Crippen molar-refractivity contribution < 1.29 is 28.5 Å². The fraction of sp³-hybridized carbons (Fsp3) is 0.129. The van der Waals surface area contributed by atoms with Crippen LogP contribution in [-0.4, -0.2) is 31.3 Å². The number of benzene rings is 4. The van der Waals surface area contributed by atoms with E-state index >= 15 is 0 Å². The lowest BCUT2D eigenvalue weighted by molar-refractivity contribution is -0.127. The Morgan fingerprint density at radius 3 is 2.30 bits per heavy atom. The summed E-state index contributed by atoms with van der Waals surface area (Å²) in [6, 6.07) is 28.1. The summed E-state index contributed by atoms with van der Waals surface area (Å²) in [5.41, 5.74) is 4.49. The molecule has 0 heterocycles. The van der Waals surface area contributed by atoms with E-state index in [4.69, 9.17) is 30.5 Å². The molecule has 8 nitrogen and oxygen atoms in total. The first-order chi connectivity index (χ1) is 19.4. The number of carbonyl (C=O) groups excluding carboxylic acids is 2. The topological polar surface area (TPSA) is 95.5 Å². The molecule has 1 amide bonds. The van der Waals surface area contributed by atoms with Crippen LogP contribution in [0.2, 0.25) is 5.02 Å². The predicted molar refractivity (Wildman–Crippen MR) is 152 cm³/mol. The van der Waals surface area contributed by atoms with Gasteiger partial charge in [-0.2, -0.15) is 5.10 Å². The lowest BCUT2D eigenvalue weighted by atomic mass is 10.2. The van der Waals surface area contributed by atoms with E-state index in [0.29, 0.717) is 40.0 Å². The molecule has 9 heteroatoms. The van der Waals surface area contributed by atoms with Gasteiger partial charge in [0.25, 0.3) is 5.91 Å². The van der Waals surface area contributed by atoms with Crippen molar-refractivity contribution in [2.24, 2.45) is 5.10 Å². The molecule has 4 aromatic rings. The summed E-state index contributed by atoms with van der Waals surface area (Å²) in [6.07, 6.45) is 0.647. The standard InChI is InChI=1S/C31H27ClN2O6/c1-21(39-27-15-13-26(14-16-27)38-20-22-6-4-3-5-7-22)30(35)34-33-19-23-8-17-28(29(18-23)37-2)40-31(36)24-9-11-25(32)12-10-24/h3-19,21H,20H2,1-2H3,(H,34,35). The average molecular weight is 559 g/mol. The van der Waals surface area contributed by atoms with Gasteiger partial charge >= 0.3 is 5.97 Å². The van der Waals surface area contributed by atoms with Crippen LogP contribution in [0.15, 0.2) is 102 Å². The van der Waals surface area contributed by atoms with Gasteiger partial charge in [0.1, 0.15) is 18.1 Å². The van der Waals surface area contributed by atoms with E-state index < -0.39 is 18.0 Å². The molecule has 204 valence electrons. The molecule has 0 fully saturated rings. The smallest absolute Gasteiger partial charge is 0.343 e. The summed E-state index contributed by atoms with van der Waals surface area (Å²) in [6.45, 7) is 2.08. The number of rotatable bonds is 11. The highest BCUT2D eigenvalue weighted by Crippen LogP contribution is 2.28. The second-order valence-electron chi connectivity index (χ2n) is 8.55. The van der Waals surface area contributed by atoms with Gasteiger partial charge in [-0.05, 0) is 84.8 Å². The summed E-state index contributed by atoms with van der Waals surface area (Å²) in [4.78, 5) is 24.9. The van der Waals surface area contributed by atoms with Crippen molar-refractivity contribution in [2.45, 2.75) is 19.6 Å². The fourth-order valence-corrected chi connectivity index (χ4v) is 3.59. The Labute approximate surface area is 237 Å². The fourth-order valence-electron chi connectivity index (χ4n) is 3.47. The van der Waals surface area contributed by atoms with E-state index in [-0.39, 0.29) is 5.75 Å². The first kappa shape index (κ1) is 28.2. The van der Waals surface area contributed by atoms with Crippen LogP contribution in [0.5, 0.6) is 23.0 Å². The minimum Gasteiger partial charge on any atom is -0.493 e. The number of nitrogens with one attached hydrogen (secondary N) is 1. The highest BCUT2D eigenvalue weighted by molar-refractivity contribution is 6.30. The number of nitrogens with zero attached hydrogens (tertiary/aromatic N) is 1. The van der Waals surface area contributed by atoms with E-state index in [2.05, 4.69) is 10.5 Å². The zero-order valence-corrected chi connectivity index (χ0v) is 22.6. The summed E-state index contributed by atoms with van der Waals surface area (Å²) in [5, 5.41) is 4.51. The van der Waals surface area contributed by atoms with E-state index in [1.54, 1.807) is 73.7 Å². The zero-order chi connectivity index (χ0) is 28.3. The quantitative estimate of drug-likeness (QED) is 0.104. The number of esters is 1. The van der Waals surface area contributed by atoms with Crippen molar-refractivity contribution in [3.05, 3.63) is 119 Å².